The predicted octanol–water partition coefficient (Wildman–Crippen LogP) is 4.42. The summed E-state index contributed by atoms with van der Waals surface area (Å²) in [7, 11) is -2.21. The van der Waals surface area contributed by atoms with Crippen molar-refractivity contribution in [1.29, 1.82) is 0 Å². The topological polar surface area (TPSA) is 71.4 Å². The molecule has 0 aliphatic heterocycles. The Kier molecular flexibility index (Phi) is 5.11. The molecule has 0 amide bonds. The minimum atomic E-state index is -2.21. The van der Waals surface area contributed by atoms with Crippen LogP contribution in [0.4, 0.5) is 4.79 Å². The molecule has 6 atom stereocenters. The number of carbonyl (C=O) groups excluding carboxylic acids is 2. The van der Waals surface area contributed by atoms with Gasteiger partial charge in [-0.1, -0.05) is 34.6 Å². The Morgan fingerprint density at radius 1 is 0.955 bits per heavy atom. The predicted molar refractivity (Wildman–Crippen MR) is 87.0 cm³/mol. The summed E-state index contributed by atoms with van der Waals surface area (Å²) in [5.74, 6) is 1.84. The zero-order chi connectivity index (χ0) is 16.8. The van der Waals surface area contributed by atoms with Crippen molar-refractivity contribution < 1.29 is 19.5 Å². The third kappa shape index (κ3) is 2.87. The van der Waals surface area contributed by atoms with E-state index in [2.05, 4.69) is 20.8 Å². The second-order valence-electron chi connectivity index (χ2n) is 7.49. The molecule has 2 saturated carbocycles. The van der Waals surface area contributed by atoms with E-state index in [-0.39, 0.29) is 41.1 Å². The molecule has 2 rings (SSSR count). The molecule has 1 N–H and O–H groups in total. The summed E-state index contributed by atoms with van der Waals surface area (Å²) in [5, 5.41) is 9.43. The van der Waals surface area contributed by atoms with Crippen molar-refractivity contribution in [3.63, 3.8) is 0 Å². The molecule has 6 unspecified atom stereocenters. The quantitative estimate of drug-likeness (QED) is 0.733. The Labute approximate surface area is 133 Å². The van der Waals surface area contributed by atoms with Gasteiger partial charge in [-0.05, 0) is 41.9 Å². The van der Waals surface area contributed by atoms with Gasteiger partial charge in [0.2, 0.25) is 0 Å². The molecule has 2 aliphatic carbocycles. The second-order valence-corrected chi connectivity index (χ2v) is 9.48. The van der Waals surface area contributed by atoms with E-state index in [1.807, 2.05) is 13.8 Å². The SMILES string of the molecule is CC1CC(CC(=O)P(C(=O)O)C(=O)C2C(C)C(C)C2C)C1C. The first kappa shape index (κ1) is 17.6. The lowest BCUT2D eigenvalue weighted by atomic mass is 9.59. The van der Waals surface area contributed by atoms with Gasteiger partial charge < -0.3 is 5.11 Å². The average Bonchev–Trinajstić information content (AvgIpc) is 2.46. The van der Waals surface area contributed by atoms with Crippen molar-refractivity contribution >= 4 is 24.7 Å². The van der Waals surface area contributed by atoms with E-state index in [1.165, 1.54) is 0 Å². The molecule has 0 aromatic carbocycles. The summed E-state index contributed by atoms with van der Waals surface area (Å²) in [6.45, 7) is 10.3. The van der Waals surface area contributed by atoms with Crippen molar-refractivity contribution in [3.8, 4) is 0 Å². The molecular weight excluding hydrogens is 299 g/mol. The molecule has 5 heteroatoms. The van der Waals surface area contributed by atoms with Crippen LogP contribution in [-0.4, -0.2) is 21.9 Å². The third-order valence-corrected chi connectivity index (χ3v) is 8.29. The van der Waals surface area contributed by atoms with E-state index >= 15 is 0 Å². The van der Waals surface area contributed by atoms with Crippen LogP contribution in [0.5, 0.6) is 0 Å². The van der Waals surface area contributed by atoms with Crippen molar-refractivity contribution in [2.45, 2.75) is 47.5 Å². The Balaban J connectivity index is 2.05. The first-order valence-corrected chi connectivity index (χ1v) is 9.60. The lowest BCUT2D eigenvalue weighted by Gasteiger charge is -2.47. The monoisotopic (exact) mass is 326 g/mol. The lowest BCUT2D eigenvalue weighted by molar-refractivity contribution is -0.127. The van der Waals surface area contributed by atoms with Crippen LogP contribution in [-0.2, 0) is 9.59 Å². The van der Waals surface area contributed by atoms with Gasteiger partial charge in [-0.15, -0.1) is 0 Å². The van der Waals surface area contributed by atoms with E-state index in [1.54, 1.807) is 0 Å². The molecule has 0 radical (unpaired) electrons. The van der Waals surface area contributed by atoms with Crippen LogP contribution >= 0.6 is 7.92 Å². The second kappa shape index (κ2) is 6.39. The summed E-state index contributed by atoms with van der Waals surface area (Å²) in [6.07, 6.45) is 1.23. The normalized spacial score (nSPS) is 42.0. The summed E-state index contributed by atoms with van der Waals surface area (Å²) in [4.78, 5) is 36.6. The fourth-order valence-corrected chi connectivity index (χ4v) is 5.98. The van der Waals surface area contributed by atoms with E-state index in [9.17, 15) is 19.5 Å². The molecule has 0 aromatic rings. The summed E-state index contributed by atoms with van der Waals surface area (Å²) in [5.41, 5.74) is -1.83. The number of rotatable bonds is 6. The smallest absolute Gasteiger partial charge is 0.339 e. The van der Waals surface area contributed by atoms with Crippen LogP contribution in [0.3, 0.4) is 0 Å². The van der Waals surface area contributed by atoms with Gasteiger partial charge in [0.1, 0.15) is 7.92 Å². The van der Waals surface area contributed by atoms with Crippen LogP contribution in [0.2, 0.25) is 0 Å². The maximum atomic E-state index is 12.6. The van der Waals surface area contributed by atoms with Gasteiger partial charge in [-0.25, -0.2) is 4.79 Å². The number of carboxylic acid groups (broad SMARTS) is 1. The molecule has 0 heterocycles. The van der Waals surface area contributed by atoms with E-state index in [0.717, 1.165) is 6.42 Å². The standard InChI is InChI=1S/C17H27O4P/c1-8-6-13(9(8)2)7-14(18)22(17(20)21)16(19)15-11(4)10(3)12(15)5/h8-13,15H,6-7H2,1-5H3,(H,20,21). The zero-order valence-electron chi connectivity index (χ0n) is 14.1. The van der Waals surface area contributed by atoms with Crippen LogP contribution in [0.25, 0.3) is 0 Å². The molecule has 0 aromatic heterocycles. The number of hydrogen-bond donors (Lipinski definition) is 1. The molecular formula is C17H27O4P. The van der Waals surface area contributed by atoms with Gasteiger partial charge in [-0.2, -0.15) is 0 Å². The summed E-state index contributed by atoms with van der Waals surface area (Å²) in [6, 6.07) is 0. The van der Waals surface area contributed by atoms with E-state index in [0.29, 0.717) is 17.8 Å². The van der Waals surface area contributed by atoms with Gasteiger partial charge >= 0.3 is 5.71 Å². The maximum Gasteiger partial charge on any atom is 0.339 e. The Hall–Kier alpha value is -0.760. The van der Waals surface area contributed by atoms with Crippen molar-refractivity contribution in [2.75, 3.05) is 0 Å². The minimum Gasteiger partial charge on any atom is -0.477 e. The lowest BCUT2D eigenvalue weighted by Crippen LogP contribution is -2.46. The first-order valence-electron chi connectivity index (χ1n) is 8.26. The van der Waals surface area contributed by atoms with Crippen LogP contribution in [0.1, 0.15) is 47.5 Å². The molecule has 124 valence electrons. The largest absolute Gasteiger partial charge is 0.477 e. The van der Waals surface area contributed by atoms with Gasteiger partial charge in [-0.3, -0.25) is 9.59 Å². The Morgan fingerprint density at radius 3 is 1.91 bits per heavy atom. The Morgan fingerprint density at radius 2 is 1.50 bits per heavy atom. The molecule has 0 bridgehead atoms. The molecule has 22 heavy (non-hydrogen) atoms. The van der Waals surface area contributed by atoms with Crippen molar-refractivity contribution in [1.82, 2.24) is 0 Å². The number of hydrogen-bond acceptors (Lipinski definition) is 3. The van der Waals surface area contributed by atoms with Crippen molar-refractivity contribution in [3.05, 3.63) is 0 Å². The molecule has 2 aliphatic rings. The molecule has 0 saturated heterocycles. The van der Waals surface area contributed by atoms with Crippen LogP contribution < -0.4 is 0 Å². The van der Waals surface area contributed by atoms with E-state index in [4.69, 9.17) is 0 Å². The van der Waals surface area contributed by atoms with Crippen molar-refractivity contribution in [2.24, 2.45) is 41.4 Å². The fourth-order valence-electron chi connectivity index (χ4n) is 4.15. The zero-order valence-corrected chi connectivity index (χ0v) is 15.0. The molecule has 2 fully saturated rings. The van der Waals surface area contributed by atoms with Crippen LogP contribution in [0.15, 0.2) is 0 Å². The number of carbonyl (C=O) groups is 3. The third-order valence-electron chi connectivity index (χ3n) is 6.49. The molecule has 4 nitrogen and oxygen atoms in total. The van der Waals surface area contributed by atoms with Gasteiger partial charge in [0.15, 0.2) is 11.0 Å². The summed E-state index contributed by atoms with van der Waals surface area (Å²) >= 11 is 0. The van der Waals surface area contributed by atoms with E-state index < -0.39 is 13.6 Å². The van der Waals surface area contributed by atoms with Gasteiger partial charge in [0.25, 0.3) is 0 Å². The highest BCUT2D eigenvalue weighted by Gasteiger charge is 2.51. The highest BCUT2D eigenvalue weighted by Crippen LogP contribution is 2.55. The molecule has 0 spiro atoms. The maximum absolute atomic E-state index is 12.6. The minimum absolute atomic E-state index is 0.183. The van der Waals surface area contributed by atoms with Gasteiger partial charge in [0, 0.05) is 12.3 Å². The highest BCUT2D eigenvalue weighted by molar-refractivity contribution is 8.01. The van der Waals surface area contributed by atoms with Crippen LogP contribution in [0, 0.1) is 41.4 Å². The summed E-state index contributed by atoms with van der Waals surface area (Å²) < 4.78 is 0. The Bertz CT molecular complexity index is 479. The fraction of sp³-hybridized carbons (Fsp3) is 0.824. The average molecular weight is 326 g/mol. The first-order chi connectivity index (χ1) is 10.2. The highest BCUT2D eigenvalue weighted by atomic mass is 31.1. The van der Waals surface area contributed by atoms with Gasteiger partial charge in [0.05, 0.1) is 0 Å².